The molecule has 1 nitrogen and oxygen atoms in total. The summed E-state index contributed by atoms with van der Waals surface area (Å²) < 4.78 is 0. The van der Waals surface area contributed by atoms with Crippen LogP contribution in [0.3, 0.4) is 0 Å². The summed E-state index contributed by atoms with van der Waals surface area (Å²) in [6.07, 6.45) is 14.8. The van der Waals surface area contributed by atoms with E-state index in [2.05, 4.69) is 12.2 Å². The van der Waals surface area contributed by atoms with E-state index in [-0.39, 0.29) is 0 Å². The summed E-state index contributed by atoms with van der Waals surface area (Å²) in [5, 5.41) is 4.05. The van der Waals surface area contributed by atoms with Gasteiger partial charge in [-0.1, -0.05) is 32.6 Å². The highest BCUT2D eigenvalue weighted by Gasteiger charge is 2.50. The van der Waals surface area contributed by atoms with Crippen molar-refractivity contribution < 1.29 is 0 Å². The minimum Gasteiger partial charge on any atom is -0.311 e. The summed E-state index contributed by atoms with van der Waals surface area (Å²) in [5.74, 6) is 3.02. The molecule has 3 fully saturated rings. The number of hydrogen-bond acceptors (Lipinski definition) is 1. The van der Waals surface area contributed by atoms with Gasteiger partial charge in [0.05, 0.1) is 0 Å². The molecule has 98 valence electrons. The molecule has 0 aromatic rings. The minimum atomic E-state index is 0.575. The lowest BCUT2D eigenvalue weighted by molar-refractivity contribution is 0.108. The molecule has 3 aliphatic rings. The molecule has 2 aliphatic carbocycles. The van der Waals surface area contributed by atoms with Crippen molar-refractivity contribution in [3.05, 3.63) is 0 Å². The Kier molecular flexibility index (Phi) is 3.47. The van der Waals surface area contributed by atoms with E-state index in [1.165, 1.54) is 70.8 Å². The second kappa shape index (κ2) is 4.91. The molecular formula is C16H29N. The Morgan fingerprint density at radius 1 is 0.882 bits per heavy atom. The van der Waals surface area contributed by atoms with Crippen molar-refractivity contribution in [3.8, 4) is 0 Å². The lowest BCUT2D eigenvalue weighted by atomic mass is 9.67. The van der Waals surface area contributed by atoms with E-state index < -0.39 is 0 Å². The summed E-state index contributed by atoms with van der Waals surface area (Å²) in [6, 6.07) is 0. The third-order valence-electron chi connectivity index (χ3n) is 5.69. The predicted molar refractivity (Wildman–Crippen MR) is 73.0 cm³/mol. The largest absolute Gasteiger partial charge is 0.311 e. The Morgan fingerprint density at radius 2 is 1.76 bits per heavy atom. The Bertz CT molecular complexity index is 248. The Labute approximate surface area is 107 Å². The van der Waals surface area contributed by atoms with Crippen LogP contribution in [0.5, 0.6) is 0 Å². The fourth-order valence-corrected chi connectivity index (χ4v) is 4.66. The van der Waals surface area contributed by atoms with E-state index in [0.717, 1.165) is 17.8 Å². The van der Waals surface area contributed by atoms with Crippen LogP contribution in [-0.2, 0) is 0 Å². The molecule has 0 bridgehead atoms. The monoisotopic (exact) mass is 235 g/mol. The molecule has 1 saturated heterocycles. The molecule has 3 atom stereocenters. The maximum Gasteiger partial charge on any atom is 0.0237 e. The molecule has 17 heavy (non-hydrogen) atoms. The highest BCUT2D eigenvalue weighted by Crippen LogP contribution is 2.51. The zero-order valence-corrected chi connectivity index (χ0v) is 11.5. The van der Waals surface area contributed by atoms with Crippen molar-refractivity contribution >= 4 is 0 Å². The van der Waals surface area contributed by atoms with E-state index in [0.29, 0.717) is 5.54 Å². The second-order valence-corrected chi connectivity index (χ2v) is 7.02. The molecule has 0 aromatic carbocycles. The zero-order valence-electron chi connectivity index (χ0n) is 11.5. The highest BCUT2D eigenvalue weighted by atomic mass is 15.0. The highest BCUT2D eigenvalue weighted by molar-refractivity contribution is 5.06. The Morgan fingerprint density at radius 3 is 2.53 bits per heavy atom. The van der Waals surface area contributed by atoms with E-state index in [1.807, 2.05) is 0 Å². The van der Waals surface area contributed by atoms with Gasteiger partial charge in [-0.2, -0.15) is 0 Å². The quantitative estimate of drug-likeness (QED) is 0.759. The Hall–Kier alpha value is -0.0400. The molecule has 1 heteroatoms. The van der Waals surface area contributed by atoms with Crippen LogP contribution in [0.15, 0.2) is 0 Å². The van der Waals surface area contributed by atoms with E-state index in [4.69, 9.17) is 0 Å². The van der Waals surface area contributed by atoms with Gasteiger partial charge in [-0.15, -0.1) is 0 Å². The molecule has 1 aliphatic heterocycles. The van der Waals surface area contributed by atoms with Crippen molar-refractivity contribution in [1.82, 2.24) is 5.32 Å². The van der Waals surface area contributed by atoms with Gasteiger partial charge in [0.15, 0.2) is 0 Å². The van der Waals surface area contributed by atoms with Gasteiger partial charge >= 0.3 is 0 Å². The van der Waals surface area contributed by atoms with Crippen LogP contribution in [0.4, 0.5) is 0 Å². The second-order valence-electron chi connectivity index (χ2n) is 7.02. The molecule has 0 aromatic heterocycles. The summed E-state index contributed by atoms with van der Waals surface area (Å²) in [6.45, 7) is 3.77. The number of nitrogens with one attached hydrogen (secondary N) is 1. The van der Waals surface area contributed by atoms with Crippen molar-refractivity contribution in [3.63, 3.8) is 0 Å². The van der Waals surface area contributed by atoms with Gasteiger partial charge in [0.1, 0.15) is 0 Å². The van der Waals surface area contributed by atoms with Crippen LogP contribution in [-0.4, -0.2) is 12.1 Å². The normalized spacial score (nSPS) is 44.3. The van der Waals surface area contributed by atoms with E-state index >= 15 is 0 Å². The van der Waals surface area contributed by atoms with Gasteiger partial charge < -0.3 is 5.32 Å². The maximum atomic E-state index is 4.05. The van der Waals surface area contributed by atoms with Crippen molar-refractivity contribution in [2.75, 3.05) is 6.54 Å². The average molecular weight is 235 g/mol. The van der Waals surface area contributed by atoms with Gasteiger partial charge in [0.25, 0.3) is 0 Å². The van der Waals surface area contributed by atoms with Crippen molar-refractivity contribution in [2.45, 2.75) is 76.7 Å². The van der Waals surface area contributed by atoms with Gasteiger partial charge in [0, 0.05) is 5.54 Å². The number of hydrogen-bond donors (Lipinski definition) is 1. The van der Waals surface area contributed by atoms with Gasteiger partial charge in [-0.05, 0) is 62.8 Å². The third kappa shape index (κ3) is 2.41. The van der Waals surface area contributed by atoms with Crippen LogP contribution in [0.1, 0.15) is 71.1 Å². The lowest BCUT2D eigenvalue weighted by Gasteiger charge is -2.45. The van der Waals surface area contributed by atoms with Crippen LogP contribution in [0, 0.1) is 17.8 Å². The first-order valence-electron chi connectivity index (χ1n) is 8.06. The zero-order chi connectivity index (χ0) is 11.7. The van der Waals surface area contributed by atoms with Crippen LogP contribution in [0.25, 0.3) is 0 Å². The molecule has 3 rings (SSSR count). The average Bonchev–Trinajstić information content (AvgIpc) is 3.16. The van der Waals surface area contributed by atoms with Crippen molar-refractivity contribution in [1.29, 1.82) is 0 Å². The molecule has 2 saturated carbocycles. The van der Waals surface area contributed by atoms with Gasteiger partial charge in [-0.3, -0.25) is 0 Å². The fraction of sp³-hybridized carbons (Fsp3) is 1.00. The molecule has 1 heterocycles. The first-order valence-corrected chi connectivity index (χ1v) is 8.06. The first kappa shape index (κ1) is 12.0. The molecule has 0 radical (unpaired) electrons. The first-order chi connectivity index (χ1) is 8.31. The summed E-state index contributed by atoms with van der Waals surface area (Å²) in [7, 11) is 0. The fourth-order valence-electron chi connectivity index (χ4n) is 4.66. The molecule has 0 spiro atoms. The SMILES string of the molecule is CC1CCCC(C2(C3CC3)CCCCCN2)C1. The standard InChI is InChI=1S/C16H29N/c1-13-6-5-7-15(12-13)16(14-8-9-14)10-3-2-4-11-17-16/h13-15,17H,2-12H2,1H3. The van der Waals surface area contributed by atoms with Gasteiger partial charge in [0.2, 0.25) is 0 Å². The summed E-state index contributed by atoms with van der Waals surface area (Å²) in [4.78, 5) is 0. The number of rotatable bonds is 2. The molecule has 0 amide bonds. The summed E-state index contributed by atoms with van der Waals surface area (Å²) >= 11 is 0. The van der Waals surface area contributed by atoms with E-state index in [1.54, 1.807) is 0 Å². The van der Waals surface area contributed by atoms with Crippen LogP contribution < -0.4 is 5.32 Å². The molecule has 3 unspecified atom stereocenters. The molecular weight excluding hydrogens is 206 g/mol. The smallest absolute Gasteiger partial charge is 0.0237 e. The maximum absolute atomic E-state index is 4.05. The summed E-state index contributed by atoms with van der Waals surface area (Å²) in [5.41, 5.74) is 0.575. The van der Waals surface area contributed by atoms with Crippen molar-refractivity contribution in [2.24, 2.45) is 17.8 Å². The lowest BCUT2D eigenvalue weighted by Crippen LogP contribution is -2.54. The third-order valence-corrected chi connectivity index (χ3v) is 5.69. The van der Waals surface area contributed by atoms with E-state index in [9.17, 15) is 0 Å². The molecule has 1 N–H and O–H groups in total. The Balaban J connectivity index is 1.77. The minimum absolute atomic E-state index is 0.575. The predicted octanol–water partition coefficient (Wildman–Crippen LogP) is 4.13. The topological polar surface area (TPSA) is 12.0 Å². The van der Waals surface area contributed by atoms with Gasteiger partial charge in [-0.25, -0.2) is 0 Å². The van der Waals surface area contributed by atoms with Crippen LogP contribution >= 0.6 is 0 Å². The van der Waals surface area contributed by atoms with Crippen LogP contribution in [0.2, 0.25) is 0 Å².